The lowest BCUT2D eigenvalue weighted by molar-refractivity contribution is 0.764. The number of nitrogens with one attached hydrogen (secondary N) is 1. The van der Waals surface area contributed by atoms with Gasteiger partial charge in [0.25, 0.3) is 0 Å². The van der Waals surface area contributed by atoms with E-state index < -0.39 is 0 Å². The van der Waals surface area contributed by atoms with E-state index >= 15 is 0 Å². The van der Waals surface area contributed by atoms with Crippen molar-refractivity contribution in [2.24, 2.45) is 12.8 Å². The molecule has 0 spiro atoms. The molecule has 0 bridgehead atoms. The monoisotopic (exact) mass is 268 g/mol. The standard InChI is InChI=1S/C9H12N6S2/c1-4-6(7(10)16)8(15(3)13-4)12-9-11-5(2)14-17-9/h1-3H3,(H2,10,16)(H,11,12,14). The zero-order valence-electron chi connectivity index (χ0n) is 9.68. The van der Waals surface area contributed by atoms with Gasteiger partial charge in [0, 0.05) is 18.6 Å². The molecular weight excluding hydrogens is 256 g/mol. The quantitative estimate of drug-likeness (QED) is 0.816. The van der Waals surface area contributed by atoms with Crippen molar-refractivity contribution in [2.45, 2.75) is 13.8 Å². The molecule has 0 saturated heterocycles. The predicted molar refractivity (Wildman–Crippen MR) is 71.8 cm³/mol. The van der Waals surface area contributed by atoms with Crippen molar-refractivity contribution < 1.29 is 0 Å². The highest BCUT2D eigenvalue weighted by Crippen LogP contribution is 2.23. The minimum absolute atomic E-state index is 0.319. The van der Waals surface area contributed by atoms with Crippen LogP contribution in [-0.2, 0) is 7.05 Å². The van der Waals surface area contributed by atoms with Gasteiger partial charge in [-0.05, 0) is 13.8 Å². The van der Waals surface area contributed by atoms with Crippen LogP contribution in [-0.4, -0.2) is 24.1 Å². The lowest BCUT2D eigenvalue weighted by Crippen LogP contribution is -2.12. The lowest BCUT2D eigenvalue weighted by Gasteiger charge is -2.05. The van der Waals surface area contributed by atoms with E-state index in [4.69, 9.17) is 18.0 Å². The van der Waals surface area contributed by atoms with Crippen LogP contribution in [0.3, 0.4) is 0 Å². The summed E-state index contributed by atoms with van der Waals surface area (Å²) in [4.78, 5) is 4.55. The maximum absolute atomic E-state index is 5.69. The second kappa shape index (κ2) is 4.38. The number of anilines is 2. The summed E-state index contributed by atoms with van der Waals surface area (Å²) >= 11 is 6.31. The van der Waals surface area contributed by atoms with Gasteiger partial charge in [-0.3, -0.25) is 4.68 Å². The maximum atomic E-state index is 5.69. The first-order valence-corrected chi connectivity index (χ1v) is 6.08. The molecule has 0 aliphatic heterocycles. The Hall–Kier alpha value is -1.54. The van der Waals surface area contributed by atoms with E-state index in [1.165, 1.54) is 11.5 Å². The number of hydrogen-bond donors (Lipinski definition) is 2. The SMILES string of the molecule is Cc1nsc(Nc2c(C(N)=S)c(C)nn2C)n1. The molecular formula is C9H12N6S2. The molecule has 8 heteroatoms. The van der Waals surface area contributed by atoms with Crippen molar-refractivity contribution in [3.8, 4) is 0 Å². The second-order valence-electron chi connectivity index (χ2n) is 3.57. The van der Waals surface area contributed by atoms with E-state index in [0.717, 1.165) is 22.9 Å². The summed E-state index contributed by atoms with van der Waals surface area (Å²) in [6.07, 6.45) is 0. The molecule has 0 radical (unpaired) electrons. The first kappa shape index (κ1) is 11.9. The normalized spacial score (nSPS) is 10.5. The molecule has 2 aromatic rings. The Bertz CT molecular complexity index is 570. The minimum atomic E-state index is 0.319. The van der Waals surface area contributed by atoms with Crippen molar-refractivity contribution in [1.29, 1.82) is 0 Å². The third-order valence-electron chi connectivity index (χ3n) is 2.22. The van der Waals surface area contributed by atoms with Crippen molar-refractivity contribution in [3.63, 3.8) is 0 Å². The largest absolute Gasteiger partial charge is 0.389 e. The van der Waals surface area contributed by atoms with E-state index in [1.54, 1.807) is 4.68 Å². The molecule has 0 fully saturated rings. The Kier molecular flexibility index (Phi) is 3.07. The van der Waals surface area contributed by atoms with Crippen LogP contribution in [0.2, 0.25) is 0 Å². The molecule has 2 heterocycles. The fraction of sp³-hybridized carbons (Fsp3) is 0.333. The first-order chi connectivity index (χ1) is 7.99. The van der Waals surface area contributed by atoms with Gasteiger partial charge in [0.1, 0.15) is 16.6 Å². The van der Waals surface area contributed by atoms with Crippen LogP contribution in [0.15, 0.2) is 0 Å². The van der Waals surface area contributed by atoms with Crippen LogP contribution >= 0.6 is 23.8 Å². The Morgan fingerprint density at radius 1 is 1.47 bits per heavy atom. The maximum Gasteiger partial charge on any atom is 0.208 e. The fourth-order valence-electron chi connectivity index (χ4n) is 1.55. The smallest absolute Gasteiger partial charge is 0.208 e. The number of aromatic nitrogens is 4. The Morgan fingerprint density at radius 2 is 2.18 bits per heavy atom. The van der Waals surface area contributed by atoms with E-state index in [0.29, 0.717) is 10.1 Å². The zero-order valence-corrected chi connectivity index (χ0v) is 11.3. The molecule has 17 heavy (non-hydrogen) atoms. The molecule has 90 valence electrons. The number of nitrogens with zero attached hydrogens (tertiary/aromatic N) is 4. The van der Waals surface area contributed by atoms with Crippen molar-refractivity contribution >= 4 is 39.7 Å². The van der Waals surface area contributed by atoms with Gasteiger partial charge in [0.15, 0.2) is 0 Å². The third kappa shape index (κ3) is 2.27. The van der Waals surface area contributed by atoms with Gasteiger partial charge in [-0.15, -0.1) is 0 Å². The molecule has 0 aromatic carbocycles. The van der Waals surface area contributed by atoms with Gasteiger partial charge >= 0.3 is 0 Å². The van der Waals surface area contributed by atoms with E-state index in [2.05, 4.69) is 19.8 Å². The molecule has 0 saturated carbocycles. The Labute approximate surface area is 108 Å². The van der Waals surface area contributed by atoms with Crippen LogP contribution in [0.4, 0.5) is 10.9 Å². The van der Waals surface area contributed by atoms with Gasteiger partial charge in [-0.1, -0.05) is 12.2 Å². The summed E-state index contributed by atoms with van der Waals surface area (Å²) in [6.45, 7) is 3.70. The highest BCUT2D eigenvalue weighted by atomic mass is 32.1. The average molecular weight is 268 g/mol. The number of hydrogen-bond acceptors (Lipinski definition) is 6. The molecule has 3 N–H and O–H groups in total. The topological polar surface area (TPSA) is 81.6 Å². The van der Waals surface area contributed by atoms with Crippen LogP contribution in [0, 0.1) is 13.8 Å². The summed E-state index contributed by atoms with van der Waals surface area (Å²) in [7, 11) is 1.82. The number of rotatable bonds is 3. The van der Waals surface area contributed by atoms with E-state index in [1.807, 2.05) is 20.9 Å². The van der Waals surface area contributed by atoms with Gasteiger partial charge in [0.2, 0.25) is 5.13 Å². The van der Waals surface area contributed by atoms with Gasteiger partial charge < -0.3 is 11.1 Å². The van der Waals surface area contributed by atoms with Crippen LogP contribution in [0.25, 0.3) is 0 Å². The summed E-state index contributed by atoms with van der Waals surface area (Å²) < 4.78 is 5.79. The summed E-state index contributed by atoms with van der Waals surface area (Å²) in [5, 5.41) is 8.12. The summed E-state index contributed by atoms with van der Waals surface area (Å²) in [5.41, 5.74) is 7.23. The Morgan fingerprint density at radius 3 is 2.71 bits per heavy atom. The fourth-order valence-corrected chi connectivity index (χ4v) is 2.36. The number of aryl methyl sites for hydroxylation is 3. The molecule has 0 unspecified atom stereocenters. The molecule has 0 atom stereocenters. The predicted octanol–water partition coefficient (Wildman–Crippen LogP) is 1.27. The molecule has 2 aromatic heterocycles. The molecule has 0 aliphatic rings. The number of nitrogens with two attached hydrogens (primary N) is 1. The van der Waals surface area contributed by atoms with Crippen LogP contribution in [0.1, 0.15) is 17.1 Å². The van der Waals surface area contributed by atoms with E-state index in [-0.39, 0.29) is 0 Å². The van der Waals surface area contributed by atoms with E-state index in [9.17, 15) is 0 Å². The molecule has 2 rings (SSSR count). The minimum Gasteiger partial charge on any atom is -0.389 e. The lowest BCUT2D eigenvalue weighted by atomic mass is 10.2. The van der Waals surface area contributed by atoms with Gasteiger partial charge in [0.05, 0.1) is 11.3 Å². The van der Waals surface area contributed by atoms with Crippen LogP contribution in [0.5, 0.6) is 0 Å². The molecule has 0 aliphatic carbocycles. The summed E-state index contributed by atoms with van der Waals surface area (Å²) in [5.74, 6) is 1.47. The average Bonchev–Trinajstić information content (AvgIpc) is 2.72. The molecule has 0 amide bonds. The number of thiocarbonyl (C=S) groups is 1. The Balaban J connectivity index is 2.41. The highest BCUT2D eigenvalue weighted by Gasteiger charge is 2.16. The third-order valence-corrected chi connectivity index (χ3v) is 3.15. The summed E-state index contributed by atoms with van der Waals surface area (Å²) in [6, 6.07) is 0. The first-order valence-electron chi connectivity index (χ1n) is 4.89. The van der Waals surface area contributed by atoms with Crippen molar-refractivity contribution in [2.75, 3.05) is 5.32 Å². The second-order valence-corrected chi connectivity index (χ2v) is 4.76. The highest BCUT2D eigenvalue weighted by molar-refractivity contribution is 7.80. The zero-order chi connectivity index (χ0) is 12.6. The van der Waals surface area contributed by atoms with Crippen LogP contribution < -0.4 is 11.1 Å². The van der Waals surface area contributed by atoms with Gasteiger partial charge in [-0.25, -0.2) is 4.98 Å². The molecule has 6 nitrogen and oxygen atoms in total. The van der Waals surface area contributed by atoms with Crippen molar-refractivity contribution in [3.05, 3.63) is 17.1 Å². The van der Waals surface area contributed by atoms with Crippen molar-refractivity contribution in [1.82, 2.24) is 19.1 Å². The van der Waals surface area contributed by atoms with Gasteiger partial charge in [-0.2, -0.15) is 9.47 Å².